The summed E-state index contributed by atoms with van der Waals surface area (Å²) < 4.78 is 6.92. The van der Waals surface area contributed by atoms with Crippen molar-refractivity contribution in [3.8, 4) is 5.75 Å². The summed E-state index contributed by atoms with van der Waals surface area (Å²) in [6, 6.07) is 4.08. The molecule has 1 aromatic heterocycles. The van der Waals surface area contributed by atoms with Crippen molar-refractivity contribution < 1.29 is 14.5 Å². The Hall–Kier alpha value is -2.90. The Morgan fingerprint density at radius 2 is 2.12 bits per heavy atom. The van der Waals surface area contributed by atoms with Gasteiger partial charge in [-0.3, -0.25) is 19.6 Å². The van der Waals surface area contributed by atoms with E-state index < -0.39 is 4.92 Å². The summed E-state index contributed by atoms with van der Waals surface area (Å²) in [5, 5.41) is 17.9. The van der Waals surface area contributed by atoms with Gasteiger partial charge in [0.1, 0.15) is 5.75 Å². The maximum absolute atomic E-state index is 12.2. The van der Waals surface area contributed by atoms with Crippen LogP contribution in [0.4, 0.5) is 11.4 Å². The van der Waals surface area contributed by atoms with E-state index in [1.54, 1.807) is 4.68 Å². The number of ether oxygens (including phenoxy) is 1. The van der Waals surface area contributed by atoms with Crippen molar-refractivity contribution >= 4 is 17.3 Å². The van der Waals surface area contributed by atoms with Crippen molar-refractivity contribution in [1.82, 2.24) is 9.78 Å². The van der Waals surface area contributed by atoms with Crippen LogP contribution in [0.2, 0.25) is 0 Å². The minimum Gasteiger partial charge on any atom is -0.495 e. The second-order valence-electron chi connectivity index (χ2n) is 5.46. The van der Waals surface area contributed by atoms with Crippen molar-refractivity contribution in [2.24, 2.45) is 7.05 Å². The highest BCUT2D eigenvalue weighted by molar-refractivity contribution is 5.92. The van der Waals surface area contributed by atoms with Crippen LogP contribution in [0.15, 0.2) is 18.2 Å². The third-order valence-corrected chi connectivity index (χ3v) is 3.93. The summed E-state index contributed by atoms with van der Waals surface area (Å²) in [6.45, 7) is 3.86. The first-order valence-electron chi connectivity index (χ1n) is 7.44. The second kappa shape index (κ2) is 7.12. The van der Waals surface area contributed by atoms with Crippen LogP contribution in [-0.4, -0.2) is 27.7 Å². The maximum Gasteiger partial charge on any atom is 0.271 e. The van der Waals surface area contributed by atoms with Gasteiger partial charge >= 0.3 is 0 Å². The highest BCUT2D eigenvalue weighted by Gasteiger charge is 2.15. The first-order chi connectivity index (χ1) is 11.3. The van der Waals surface area contributed by atoms with Crippen LogP contribution in [0, 0.1) is 24.0 Å². The number of anilines is 1. The third kappa shape index (κ3) is 3.70. The SMILES string of the molecule is COc1ccc([N+](=O)[O-])cc1NC(=O)CCc1c(C)nn(C)c1C. The third-order valence-electron chi connectivity index (χ3n) is 3.93. The molecule has 0 unspecified atom stereocenters. The molecule has 24 heavy (non-hydrogen) atoms. The number of amides is 1. The lowest BCUT2D eigenvalue weighted by Gasteiger charge is -2.10. The molecule has 0 saturated carbocycles. The molecule has 0 atom stereocenters. The number of nitro benzene ring substituents is 1. The number of nitrogens with zero attached hydrogens (tertiary/aromatic N) is 3. The number of carbonyl (C=O) groups is 1. The number of hydrogen-bond acceptors (Lipinski definition) is 5. The first kappa shape index (κ1) is 17.5. The molecule has 1 N–H and O–H groups in total. The molecule has 0 fully saturated rings. The van der Waals surface area contributed by atoms with Gasteiger partial charge in [0.05, 0.1) is 23.4 Å². The summed E-state index contributed by atoms with van der Waals surface area (Å²) in [6.07, 6.45) is 0.799. The van der Waals surface area contributed by atoms with Crippen LogP contribution in [0.25, 0.3) is 0 Å². The van der Waals surface area contributed by atoms with Crippen molar-refractivity contribution in [2.45, 2.75) is 26.7 Å². The summed E-state index contributed by atoms with van der Waals surface area (Å²) in [7, 11) is 3.30. The molecule has 1 amide bonds. The molecule has 128 valence electrons. The van der Waals surface area contributed by atoms with E-state index in [2.05, 4.69) is 10.4 Å². The molecule has 1 heterocycles. The second-order valence-corrected chi connectivity index (χ2v) is 5.46. The van der Waals surface area contributed by atoms with E-state index in [1.165, 1.54) is 25.3 Å². The molecule has 8 heteroatoms. The first-order valence-corrected chi connectivity index (χ1v) is 7.44. The number of aryl methyl sites for hydroxylation is 2. The molecule has 0 aliphatic carbocycles. The largest absolute Gasteiger partial charge is 0.495 e. The van der Waals surface area contributed by atoms with Gasteiger partial charge in [-0.05, 0) is 31.9 Å². The number of rotatable bonds is 6. The van der Waals surface area contributed by atoms with E-state index in [4.69, 9.17) is 4.74 Å². The number of nitro groups is 1. The molecule has 1 aromatic carbocycles. The van der Waals surface area contributed by atoms with Gasteiger partial charge in [-0.2, -0.15) is 5.10 Å². The lowest BCUT2D eigenvalue weighted by Crippen LogP contribution is -2.13. The average molecular weight is 332 g/mol. The van der Waals surface area contributed by atoms with Gasteiger partial charge in [-0.15, -0.1) is 0 Å². The normalized spacial score (nSPS) is 10.5. The number of hydrogen-bond donors (Lipinski definition) is 1. The van der Waals surface area contributed by atoms with Crippen molar-refractivity contribution in [1.29, 1.82) is 0 Å². The molecule has 8 nitrogen and oxygen atoms in total. The summed E-state index contributed by atoms with van der Waals surface area (Å²) in [5.74, 6) is 0.138. The maximum atomic E-state index is 12.2. The zero-order chi connectivity index (χ0) is 17.9. The summed E-state index contributed by atoms with van der Waals surface area (Å²) >= 11 is 0. The van der Waals surface area contributed by atoms with E-state index in [9.17, 15) is 14.9 Å². The van der Waals surface area contributed by atoms with Gasteiger partial charge in [-0.25, -0.2) is 0 Å². The van der Waals surface area contributed by atoms with Crippen molar-refractivity contribution in [2.75, 3.05) is 12.4 Å². The van der Waals surface area contributed by atoms with Gasteiger partial charge in [0.2, 0.25) is 5.91 Å². The Morgan fingerprint density at radius 3 is 2.67 bits per heavy atom. The summed E-state index contributed by atoms with van der Waals surface area (Å²) in [5.41, 5.74) is 3.14. The van der Waals surface area contributed by atoms with Crippen LogP contribution < -0.4 is 10.1 Å². The number of nitrogens with one attached hydrogen (secondary N) is 1. The lowest BCUT2D eigenvalue weighted by molar-refractivity contribution is -0.384. The summed E-state index contributed by atoms with van der Waals surface area (Å²) in [4.78, 5) is 22.6. The monoisotopic (exact) mass is 332 g/mol. The number of carbonyl (C=O) groups excluding carboxylic acids is 1. The Bertz CT molecular complexity index is 783. The predicted octanol–water partition coefficient (Wildman–Crippen LogP) is 2.53. The quantitative estimate of drug-likeness (QED) is 0.647. The molecule has 2 aromatic rings. The molecule has 2 rings (SSSR count). The average Bonchev–Trinajstić information content (AvgIpc) is 2.78. The molecular weight excluding hydrogens is 312 g/mol. The lowest BCUT2D eigenvalue weighted by atomic mass is 10.1. The van der Waals surface area contributed by atoms with Crippen LogP contribution in [0.1, 0.15) is 23.4 Å². The zero-order valence-electron chi connectivity index (χ0n) is 14.1. The zero-order valence-corrected chi connectivity index (χ0v) is 14.1. The Kier molecular flexibility index (Phi) is 5.18. The van der Waals surface area contributed by atoms with E-state index in [-0.39, 0.29) is 23.7 Å². The van der Waals surface area contributed by atoms with E-state index in [0.717, 1.165) is 17.0 Å². The van der Waals surface area contributed by atoms with Gasteiger partial charge in [0.15, 0.2) is 0 Å². The minimum absolute atomic E-state index is 0.106. The predicted molar refractivity (Wildman–Crippen MR) is 89.3 cm³/mol. The van der Waals surface area contributed by atoms with Gasteiger partial charge < -0.3 is 10.1 Å². The van der Waals surface area contributed by atoms with Crippen LogP contribution in [0.3, 0.4) is 0 Å². The molecule has 0 aliphatic heterocycles. The topological polar surface area (TPSA) is 99.3 Å². The fraction of sp³-hybridized carbons (Fsp3) is 0.375. The van der Waals surface area contributed by atoms with E-state index in [0.29, 0.717) is 12.2 Å². The Morgan fingerprint density at radius 1 is 1.42 bits per heavy atom. The van der Waals surface area contributed by atoms with E-state index in [1.807, 2.05) is 20.9 Å². The number of non-ortho nitro benzene ring substituents is 1. The Balaban J connectivity index is 2.09. The highest BCUT2D eigenvalue weighted by atomic mass is 16.6. The van der Waals surface area contributed by atoms with Crippen LogP contribution in [-0.2, 0) is 18.3 Å². The fourth-order valence-corrected chi connectivity index (χ4v) is 2.54. The van der Waals surface area contributed by atoms with Gasteiger partial charge in [0, 0.05) is 31.3 Å². The van der Waals surface area contributed by atoms with Gasteiger partial charge in [-0.1, -0.05) is 0 Å². The number of aromatic nitrogens is 2. The van der Waals surface area contributed by atoms with E-state index >= 15 is 0 Å². The van der Waals surface area contributed by atoms with Crippen LogP contribution in [0.5, 0.6) is 5.75 Å². The molecular formula is C16H20N4O4. The smallest absolute Gasteiger partial charge is 0.271 e. The molecule has 0 aliphatic rings. The minimum atomic E-state index is -0.516. The van der Waals surface area contributed by atoms with Crippen molar-refractivity contribution in [3.63, 3.8) is 0 Å². The molecule has 0 saturated heterocycles. The molecule has 0 spiro atoms. The number of methoxy groups -OCH3 is 1. The van der Waals surface area contributed by atoms with Crippen LogP contribution >= 0.6 is 0 Å². The van der Waals surface area contributed by atoms with Crippen molar-refractivity contribution in [3.05, 3.63) is 45.3 Å². The molecule has 0 bridgehead atoms. The standard InChI is InChI=1S/C16H20N4O4/c1-10-13(11(2)19(3)18-10)6-8-16(21)17-14-9-12(20(22)23)5-7-15(14)24-4/h5,7,9H,6,8H2,1-4H3,(H,17,21). The highest BCUT2D eigenvalue weighted by Crippen LogP contribution is 2.29. The Labute approximate surface area is 139 Å². The fourth-order valence-electron chi connectivity index (χ4n) is 2.54. The number of benzene rings is 1. The van der Waals surface area contributed by atoms with Gasteiger partial charge in [0.25, 0.3) is 5.69 Å². The molecule has 0 radical (unpaired) electrons.